The molecular formula is C20H21N7O3. The van der Waals surface area contributed by atoms with E-state index in [1.807, 2.05) is 60.7 Å². The zero-order valence-corrected chi connectivity index (χ0v) is 16.3. The number of aromatic nitrogens is 4. The van der Waals surface area contributed by atoms with Crippen molar-refractivity contribution in [3.63, 3.8) is 0 Å². The molecule has 1 aromatic heterocycles. The highest BCUT2D eigenvalue weighted by Gasteiger charge is 2.17. The summed E-state index contributed by atoms with van der Waals surface area (Å²) in [5.41, 5.74) is 6.21. The van der Waals surface area contributed by atoms with Gasteiger partial charge in [-0.3, -0.25) is 25.2 Å². The standard InChI is InChI=1S/C20H21N7O3/c1-14(28)21-17(15-8-4-2-5-9-15)12-18(29)22-23-19(30)13-27-25-20(24-26-27)16-10-6-3-7-11-16/h2-11,17H,12-13H2,1H3,(H,21,28)(H,22,29)(H,23,30)/t17-/m0/s1. The van der Waals surface area contributed by atoms with E-state index in [-0.39, 0.29) is 18.9 Å². The average Bonchev–Trinajstić information content (AvgIpc) is 3.21. The van der Waals surface area contributed by atoms with Crippen LogP contribution in [-0.4, -0.2) is 37.9 Å². The van der Waals surface area contributed by atoms with E-state index in [0.29, 0.717) is 5.82 Å². The minimum absolute atomic E-state index is 0.0381. The molecule has 10 heteroatoms. The van der Waals surface area contributed by atoms with E-state index in [2.05, 4.69) is 31.6 Å². The Balaban J connectivity index is 1.51. The van der Waals surface area contributed by atoms with Crippen molar-refractivity contribution >= 4 is 17.7 Å². The lowest BCUT2D eigenvalue weighted by molar-refractivity contribution is -0.130. The second-order valence-electron chi connectivity index (χ2n) is 6.47. The van der Waals surface area contributed by atoms with Crippen LogP contribution in [-0.2, 0) is 20.9 Å². The van der Waals surface area contributed by atoms with Gasteiger partial charge in [-0.1, -0.05) is 60.7 Å². The lowest BCUT2D eigenvalue weighted by Gasteiger charge is -2.18. The molecule has 3 amide bonds. The van der Waals surface area contributed by atoms with Gasteiger partial charge in [0.15, 0.2) is 0 Å². The predicted molar refractivity (Wildman–Crippen MR) is 107 cm³/mol. The number of rotatable bonds is 7. The first-order chi connectivity index (χ1) is 14.5. The van der Waals surface area contributed by atoms with Gasteiger partial charge in [0, 0.05) is 12.5 Å². The topological polar surface area (TPSA) is 131 Å². The molecule has 0 fully saturated rings. The lowest BCUT2D eigenvalue weighted by Crippen LogP contribution is -2.44. The molecule has 3 N–H and O–H groups in total. The molecule has 0 unspecified atom stereocenters. The van der Waals surface area contributed by atoms with Crippen LogP contribution >= 0.6 is 0 Å². The number of carbonyl (C=O) groups excluding carboxylic acids is 3. The highest BCUT2D eigenvalue weighted by molar-refractivity contribution is 5.83. The van der Waals surface area contributed by atoms with Crippen LogP contribution in [0.25, 0.3) is 11.4 Å². The minimum Gasteiger partial charge on any atom is -0.349 e. The molecule has 0 aliphatic heterocycles. The van der Waals surface area contributed by atoms with Crippen LogP contribution in [0.3, 0.4) is 0 Å². The van der Waals surface area contributed by atoms with E-state index in [4.69, 9.17) is 0 Å². The van der Waals surface area contributed by atoms with Gasteiger partial charge in [0.25, 0.3) is 5.91 Å². The molecule has 154 valence electrons. The van der Waals surface area contributed by atoms with Gasteiger partial charge in [-0.15, -0.1) is 10.2 Å². The molecule has 10 nitrogen and oxygen atoms in total. The number of carbonyl (C=O) groups is 3. The molecule has 3 rings (SSSR count). The maximum absolute atomic E-state index is 12.2. The van der Waals surface area contributed by atoms with Crippen molar-refractivity contribution in [3.8, 4) is 11.4 Å². The maximum atomic E-state index is 12.2. The average molecular weight is 407 g/mol. The normalized spacial score (nSPS) is 11.4. The molecule has 1 heterocycles. The van der Waals surface area contributed by atoms with Crippen LogP contribution in [0.5, 0.6) is 0 Å². The number of hydrazine groups is 1. The van der Waals surface area contributed by atoms with Crippen molar-refractivity contribution in [1.29, 1.82) is 0 Å². The molecule has 0 bridgehead atoms. The van der Waals surface area contributed by atoms with E-state index in [1.54, 1.807) is 0 Å². The van der Waals surface area contributed by atoms with Crippen molar-refractivity contribution in [2.24, 2.45) is 0 Å². The molecular weight excluding hydrogens is 386 g/mol. The SMILES string of the molecule is CC(=O)N[C@@H](CC(=O)NNC(=O)Cn1nnc(-c2ccccc2)n1)c1ccccc1. The third kappa shape index (κ3) is 5.96. The van der Waals surface area contributed by atoms with Crippen molar-refractivity contribution in [2.45, 2.75) is 25.9 Å². The Morgan fingerprint density at radius 2 is 1.57 bits per heavy atom. The van der Waals surface area contributed by atoms with E-state index < -0.39 is 17.9 Å². The fraction of sp³-hybridized carbons (Fsp3) is 0.200. The van der Waals surface area contributed by atoms with Gasteiger partial charge in [-0.05, 0) is 10.8 Å². The number of hydrogen-bond donors (Lipinski definition) is 3. The Labute approximate surface area is 172 Å². The fourth-order valence-corrected chi connectivity index (χ4v) is 2.74. The van der Waals surface area contributed by atoms with E-state index in [0.717, 1.165) is 15.9 Å². The third-order valence-corrected chi connectivity index (χ3v) is 4.08. The van der Waals surface area contributed by atoms with Gasteiger partial charge in [0.1, 0.15) is 6.54 Å². The summed E-state index contributed by atoms with van der Waals surface area (Å²) in [5.74, 6) is -0.834. The van der Waals surface area contributed by atoms with Crippen molar-refractivity contribution < 1.29 is 14.4 Å². The molecule has 30 heavy (non-hydrogen) atoms. The van der Waals surface area contributed by atoms with Crippen molar-refractivity contribution in [1.82, 2.24) is 36.4 Å². The summed E-state index contributed by atoms with van der Waals surface area (Å²) in [6.07, 6.45) is -0.0381. The van der Waals surface area contributed by atoms with Gasteiger partial charge in [0.05, 0.1) is 12.5 Å². The molecule has 0 saturated heterocycles. The lowest BCUT2D eigenvalue weighted by atomic mass is 10.0. The van der Waals surface area contributed by atoms with Gasteiger partial charge >= 0.3 is 0 Å². The number of hydrogen-bond acceptors (Lipinski definition) is 6. The number of benzene rings is 2. The Morgan fingerprint density at radius 1 is 0.933 bits per heavy atom. The second-order valence-corrected chi connectivity index (χ2v) is 6.47. The molecule has 0 aliphatic rings. The number of nitrogens with one attached hydrogen (secondary N) is 3. The zero-order valence-electron chi connectivity index (χ0n) is 16.3. The highest BCUT2D eigenvalue weighted by atomic mass is 16.2. The van der Waals surface area contributed by atoms with Crippen molar-refractivity contribution in [2.75, 3.05) is 0 Å². The van der Waals surface area contributed by atoms with Crippen LogP contribution < -0.4 is 16.2 Å². The third-order valence-electron chi connectivity index (χ3n) is 4.08. The summed E-state index contributed by atoms with van der Waals surface area (Å²) in [7, 11) is 0. The largest absolute Gasteiger partial charge is 0.349 e. The van der Waals surface area contributed by atoms with Gasteiger partial charge in [0.2, 0.25) is 17.6 Å². The second kappa shape index (κ2) is 9.92. The number of amides is 3. The molecule has 0 saturated carbocycles. The Hall–Kier alpha value is -4.08. The van der Waals surface area contributed by atoms with E-state index in [9.17, 15) is 14.4 Å². The van der Waals surface area contributed by atoms with Gasteiger partial charge in [-0.25, -0.2) is 0 Å². The molecule has 0 radical (unpaired) electrons. The smallest absolute Gasteiger partial charge is 0.262 e. The monoisotopic (exact) mass is 407 g/mol. The van der Waals surface area contributed by atoms with Crippen LogP contribution in [0.15, 0.2) is 60.7 Å². The Kier molecular flexibility index (Phi) is 6.83. The number of nitrogens with zero attached hydrogens (tertiary/aromatic N) is 4. The Morgan fingerprint density at radius 3 is 2.23 bits per heavy atom. The van der Waals surface area contributed by atoms with Crippen LogP contribution in [0.4, 0.5) is 0 Å². The minimum atomic E-state index is -0.517. The fourth-order valence-electron chi connectivity index (χ4n) is 2.74. The van der Waals surface area contributed by atoms with E-state index in [1.165, 1.54) is 6.92 Å². The molecule has 0 aliphatic carbocycles. The summed E-state index contributed by atoms with van der Waals surface area (Å²) in [4.78, 5) is 36.9. The van der Waals surface area contributed by atoms with Gasteiger partial charge in [-0.2, -0.15) is 4.80 Å². The predicted octanol–water partition coefficient (Wildman–Crippen LogP) is 0.755. The molecule has 1 atom stereocenters. The molecule has 2 aromatic carbocycles. The maximum Gasteiger partial charge on any atom is 0.262 e. The van der Waals surface area contributed by atoms with Crippen LogP contribution in [0.1, 0.15) is 24.9 Å². The van der Waals surface area contributed by atoms with E-state index >= 15 is 0 Å². The zero-order chi connectivity index (χ0) is 21.3. The van der Waals surface area contributed by atoms with Gasteiger partial charge < -0.3 is 5.32 Å². The molecule has 3 aromatic rings. The highest BCUT2D eigenvalue weighted by Crippen LogP contribution is 2.16. The summed E-state index contributed by atoms with van der Waals surface area (Å²) in [6, 6.07) is 17.8. The summed E-state index contributed by atoms with van der Waals surface area (Å²) in [6.45, 7) is 1.17. The van der Waals surface area contributed by atoms with Crippen LogP contribution in [0.2, 0.25) is 0 Å². The van der Waals surface area contributed by atoms with Crippen LogP contribution in [0, 0.1) is 0 Å². The first kappa shape index (κ1) is 20.6. The van der Waals surface area contributed by atoms with Crippen molar-refractivity contribution in [3.05, 3.63) is 66.2 Å². The Bertz CT molecular complexity index is 1010. The number of tetrazole rings is 1. The summed E-state index contributed by atoms with van der Waals surface area (Å²) < 4.78 is 0. The summed E-state index contributed by atoms with van der Waals surface area (Å²) >= 11 is 0. The first-order valence-corrected chi connectivity index (χ1v) is 9.24. The quantitative estimate of drug-likeness (QED) is 0.496. The molecule has 0 spiro atoms. The first-order valence-electron chi connectivity index (χ1n) is 9.24. The summed E-state index contributed by atoms with van der Waals surface area (Å²) in [5, 5.41) is 14.6.